The first-order valence-electron chi connectivity index (χ1n) is 10.7. The number of carbonyl (C=O) groups is 2. The van der Waals surface area contributed by atoms with Crippen LogP contribution in [0.5, 0.6) is 0 Å². The molecule has 3 N–H and O–H groups in total. The number of sulfonamides is 1. The molecular formula is C21H24F4N4O6S. The predicted octanol–water partition coefficient (Wildman–Crippen LogP) is 2.22. The van der Waals surface area contributed by atoms with Gasteiger partial charge in [0.1, 0.15) is 16.4 Å². The minimum Gasteiger partial charge on any atom is -0.450 e. The molecule has 0 aliphatic carbocycles. The summed E-state index contributed by atoms with van der Waals surface area (Å²) < 4.78 is 88.4. The molecule has 0 radical (unpaired) electrons. The van der Waals surface area contributed by atoms with Crippen LogP contribution < -0.4 is 10.0 Å². The van der Waals surface area contributed by atoms with Crippen molar-refractivity contribution >= 4 is 27.7 Å². The Morgan fingerprint density at radius 2 is 1.94 bits per heavy atom. The number of nitrogens with one attached hydrogen (secondary N) is 2. The fraction of sp³-hybridized carbons (Fsp3) is 0.429. The van der Waals surface area contributed by atoms with Gasteiger partial charge in [-0.25, -0.2) is 35.5 Å². The largest absolute Gasteiger partial charge is 0.450 e. The fourth-order valence-corrected chi connectivity index (χ4v) is 5.23. The fourth-order valence-electron chi connectivity index (χ4n) is 3.81. The van der Waals surface area contributed by atoms with Gasteiger partial charge in [-0.05, 0) is 25.1 Å². The molecule has 15 heteroatoms. The second-order valence-corrected chi connectivity index (χ2v) is 9.71. The Hall–Kier alpha value is -3.17. The van der Waals surface area contributed by atoms with Crippen LogP contribution in [0.3, 0.4) is 0 Å². The molecule has 1 aromatic heterocycles. The smallest absolute Gasteiger partial charge is 0.409 e. The number of aliphatic hydroxyl groups is 1. The van der Waals surface area contributed by atoms with Crippen molar-refractivity contribution in [3.05, 3.63) is 47.3 Å². The number of likely N-dealkylation sites (tertiary alicyclic amines) is 1. The minimum atomic E-state index is -4.57. The maximum atomic E-state index is 15.2. The summed E-state index contributed by atoms with van der Waals surface area (Å²) in [6.07, 6.45) is -3.01. The molecule has 1 aliphatic heterocycles. The van der Waals surface area contributed by atoms with Gasteiger partial charge in [-0.2, -0.15) is 0 Å². The highest BCUT2D eigenvalue weighted by Gasteiger charge is 2.39. The SMILES string of the molecule is CCOC(=O)N1CC(CO)C(NS(=O)(=O)c2cn(C)c(C(=O)Nc3ccc(F)c(C(F)F)c3)c2F)C1. The van der Waals surface area contributed by atoms with E-state index in [0.29, 0.717) is 12.1 Å². The molecule has 10 nitrogen and oxygen atoms in total. The molecule has 0 bridgehead atoms. The van der Waals surface area contributed by atoms with E-state index in [1.54, 1.807) is 6.92 Å². The quantitative estimate of drug-likeness (QED) is 0.444. The lowest BCUT2D eigenvalue weighted by Gasteiger charge is -2.17. The molecule has 2 heterocycles. The zero-order valence-corrected chi connectivity index (χ0v) is 20.0. The predicted molar refractivity (Wildman–Crippen MR) is 118 cm³/mol. The van der Waals surface area contributed by atoms with Crippen LogP contribution in [-0.2, 0) is 21.8 Å². The number of anilines is 1. The molecule has 2 atom stereocenters. The van der Waals surface area contributed by atoms with Crippen molar-refractivity contribution in [3.8, 4) is 0 Å². The highest BCUT2D eigenvalue weighted by atomic mass is 32.2. The van der Waals surface area contributed by atoms with Crippen molar-refractivity contribution in [3.63, 3.8) is 0 Å². The molecule has 2 amide bonds. The summed E-state index contributed by atoms with van der Waals surface area (Å²) in [4.78, 5) is 24.9. The van der Waals surface area contributed by atoms with Gasteiger partial charge in [0.2, 0.25) is 10.0 Å². The summed E-state index contributed by atoms with van der Waals surface area (Å²) in [6.45, 7) is 1.09. The van der Waals surface area contributed by atoms with Crippen LogP contribution in [0, 0.1) is 17.6 Å². The number of nitrogens with zero attached hydrogens (tertiary/aromatic N) is 2. The maximum absolute atomic E-state index is 15.2. The van der Waals surface area contributed by atoms with Crippen molar-refractivity contribution in [1.29, 1.82) is 0 Å². The van der Waals surface area contributed by atoms with Crippen LogP contribution in [0.15, 0.2) is 29.3 Å². The van der Waals surface area contributed by atoms with Crippen LogP contribution in [0.25, 0.3) is 0 Å². The Morgan fingerprint density at radius 3 is 2.56 bits per heavy atom. The number of amides is 2. The number of ether oxygens (including phenoxy) is 1. The van der Waals surface area contributed by atoms with Gasteiger partial charge >= 0.3 is 6.09 Å². The summed E-state index contributed by atoms with van der Waals surface area (Å²) in [7, 11) is -3.38. The average Bonchev–Trinajstić information content (AvgIpc) is 3.34. The van der Waals surface area contributed by atoms with Crippen LogP contribution in [0.1, 0.15) is 29.4 Å². The molecular weight excluding hydrogens is 512 g/mol. The number of benzene rings is 1. The van der Waals surface area contributed by atoms with E-state index < -0.39 is 74.8 Å². The van der Waals surface area contributed by atoms with E-state index in [1.165, 1.54) is 11.9 Å². The Bertz CT molecular complexity index is 1250. The third-order valence-electron chi connectivity index (χ3n) is 5.59. The molecule has 1 aromatic carbocycles. The van der Waals surface area contributed by atoms with E-state index in [0.717, 1.165) is 16.8 Å². The molecule has 1 fully saturated rings. The zero-order chi connectivity index (χ0) is 26.8. The molecule has 36 heavy (non-hydrogen) atoms. The number of aromatic nitrogens is 1. The number of carbonyl (C=O) groups excluding carboxylic acids is 2. The van der Waals surface area contributed by atoms with Crippen LogP contribution in [0.4, 0.5) is 28.0 Å². The summed E-state index contributed by atoms with van der Waals surface area (Å²) in [5.41, 5.74) is -1.95. The highest BCUT2D eigenvalue weighted by molar-refractivity contribution is 7.89. The van der Waals surface area contributed by atoms with E-state index in [2.05, 4.69) is 10.0 Å². The first-order valence-corrected chi connectivity index (χ1v) is 12.2. The lowest BCUT2D eigenvalue weighted by atomic mass is 10.1. The van der Waals surface area contributed by atoms with Crippen molar-refractivity contribution < 1.29 is 45.4 Å². The lowest BCUT2D eigenvalue weighted by Crippen LogP contribution is -2.42. The number of hydrogen-bond acceptors (Lipinski definition) is 6. The maximum Gasteiger partial charge on any atom is 0.409 e. The summed E-state index contributed by atoms with van der Waals surface area (Å²) in [5.74, 6) is -4.46. The van der Waals surface area contributed by atoms with Crippen LogP contribution in [-0.4, -0.2) is 67.3 Å². The van der Waals surface area contributed by atoms with E-state index in [4.69, 9.17) is 4.74 Å². The molecule has 0 spiro atoms. The second kappa shape index (κ2) is 10.8. The van der Waals surface area contributed by atoms with Gasteiger partial charge in [0.05, 0.1) is 12.2 Å². The number of alkyl halides is 2. The third-order valence-corrected chi connectivity index (χ3v) is 7.07. The molecule has 198 valence electrons. The number of aryl methyl sites for hydroxylation is 1. The third kappa shape index (κ3) is 5.63. The number of halogens is 4. The molecule has 1 aliphatic rings. The summed E-state index contributed by atoms with van der Waals surface area (Å²) >= 11 is 0. The summed E-state index contributed by atoms with van der Waals surface area (Å²) in [5, 5.41) is 11.7. The van der Waals surface area contributed by atoms with Crippen molar-refractivity contribution in [2.45, 2.75) is 24.3 Å². The molecule has 3 rings (SSSR count). The first-order chi connectivity index (χ1) is 16.9. The van der Waals surface area contributed by atoms with Crippen LogP contribution in [0.2, 0.25) is 0 Å². The molecule has 2 unspecified atom stereocenters. The van der Waals surface area contributed by atoms with Crippen LogP contribution >= 0.6 is 0 Å². The monoisotopic (exact) mass is 536 g/mol. The van der Waals surface area contributed by atoms with Crippen molar-refractivity contribution in [2.75, 3.05) is 31.6 Å². The first kappa shape index (κ1) is 27.4. The topological polar surface area (TPSA) is 130 Å². The molecule has 2 aromatic rings. The molecule has 0 saturated carbocycles. The van der Waals surface area contributed by atoms with Gasteiger partial charge in [-0.15, -0.1) is 0 Å². The van der Waals surface area contributed by atoms with Gasteiger partial charge in [-0.1, -0.05) is 0 Å². The number of rotatable bonds is 8. The Morgan fingerprint density at radius 1 is 1.25 bits per heavy atom. The van der Waals surface area contributed by atoms with Crippen molar-refractivity contribution in [1.82, 2.24) is 14.2 Å². The molecule has 1 saturated heterocycles. The Balaban J connectivity index is 1.82. The van der Waals surface area contributed by atoms with Gasteiger partial charge < -0.3 is 24.6 Å². The Kier molecular flexibility index (Phi) is 8.26. The average molecular weight is 537 g/mol. The normalized spacial score (nSPS) is 18.1. The highest BCUT2D eigenvalue weighted by Crippen LogP contribution is 2.27. The Labute approximate surface area is 203 Å². The number of aliphatic hydroxyl groups excluding tert-OH is 1. The minimum absolute atomic E-state index is 0.00568. The van der Waals surface area contributed by atoms with E-state index in [9.17, 15) is 36.3 Å². The zero-order valence-electron chi connectivity index (χ0n) is 19.2. The van der Waals surface area contributed by atoms with Gasteiger partial charge in [-0.3, -0.25) is 4.79 Å². The van der Waals surface area contributed by atoms with E-state index >= 15 is 4.39 Å². The second-order valence-electron chi connectivity index (χ2n) is 8.03. The van der Waals surface area contributed by atoms with Gasteiger partial charge in [0, 0.05) is 50.6 Å². The van der Waals surface area contributed by atoms with Crippen molar-refractivity contribution in [2.24, 2.45) is 13.0 Å². The van der Waals surface area contributed by atoms with Gasteiger partial charge in [0.25, 0.3) is 12.3 Å². The van der Waals surface area contributed by atoms with E-state index in [1.807, 2.05) is 0 Å². The standard InChI is InChI=1S/C21H24F4N4O6S/c1-3-35-21(32)29-7-11(10-30)15(8-29)27-36(33,34)16-9-28(2)18(17(16)23)20(31)26-12-4-5-14(22)13(6-12)19(24)25/h4-6,9,11,15,19,27,30H,3,7-8,10H2,1-2H3,(H,26,31). The lowest BCUT2D eigenvalue weighted by molar-refractivity contribution is 0.101. The summed E-state index contributed by atoms with van der Waals surface area (Å²) in [6, 6.07) is 1.41. The number of hydrogen-bond donors (Lipinski definition) is 3. The van der Waals surface area contributed by atoms with E-state index in [-0.39, 0.29) is 25.4 Å². The van der Waals surface area contributed by atoms with Gasteiger partial charge in [0.15, 0.2) is 5.82 Å².